The van der Waals surface area contributed by atoms with Crippen LogP contribution in [0.3, 0.4) is 0 Å². The summed E-state index contributed by atoms with van der Waals surface area (Å²) in [4.78, 5) is 17.9. The quantitative estimate of drug-likeness (QED) is 0.818. The first kappa shape index (κ1) is 17.1. The molecule has 7 nitrogen and oxygen atoms in total. The first-order valence-electron chi connectivity index (χ1n) is 6.93. The number of anilines is 1. The Balaban J connectivity index is 1.76. The van der Waals surface area contributed by atoms with Crippen molar-refractivity contribution in [2.24, 2.45) is 0 Å². The number of nitrogens with zero attached hydrogens (tertiary/aromatic N) is 2. The van der Waals surface area contributed by atoms with Crippen molar-refractivity contribution in [1.29, 1.82) is 0 Å². The van der Waals surface area contributed by atoms with Gasteiger partial charge in [-0.3, -0.25) is 9.69 Å². The highest BCUT2D eigenvalue weighted by molar-refractivity contribution is 7.88. The molecular weight excluding hydrogens is 328 g/mol. The lowest BCUT2D eigenvalue weighted by molar-refractivity contribution is -0.117. The molecule has 0 aliphatic carbocycles. The molecule has 1 aromatic rings. The zero-order valence-electron chi connectivity index (χ0n) is 12.3. The fourth-order valence-corrected chi connectivity index (χ4v) is 3.30. The lowest BCUT2D eigenvalue weighted by atomic mass is 10.1. The number of piperidine rings is 1. The predicted octanol–water partition coefficient (Wildman–Crippen LogP) is 0.687. The molecule has 0 saturated carbocycles. The molecule has 1 aromatic heterocycles. The number of pyridine rings is 1. The monoisotopic (exact) mass is 346 g/mol. The Morgan fingerprint density at radius 1 is 1.41 bits per heavy atom. The van der Waals surface area contributed by atoms with Crippen molar-refractivity contribution in [2.75, 3.05) is 31.2 Å². The second-order valence-corrected chi connectivity index (χ2v) is 7.57. The lowest BCUT2D eigenvalue weighted by Crippen LogP contribution is -2.46. The van der Waals surface area contributed by atoms with Crippen LogP contribution in [0.25, 0.3) is 0 Å². The third-order valence-corrected chi connectivity index (χ3v) is 4.32. The van der Waals surface area contributed by atoms with E-state index in [-0.39, 0.29) is 18.5 Å². The minimum absolute atomic E-state index is 0.0488. The fourth-order valence-electron chi connectivity index (χ4n) is 2.35. The van der Waals surface area contributed by atoms with Gasteiger partial charge in [0, 0.05) is 25.3 Å². The van der Waals surface area contributed by atoms with Crippen molar-refractivity contribution >= 4 is 33.3 Å². The largest absolute Gasteiger partial charge is 0.310 e. The second-order valence-electron chi connectivity index (χ2n) is 5.35. The maximum Gasteiger partial charge on any atom is 0.239 e. The Morgan fingerprint density at radius 3 is 2.64 bits per heavy atom. The highest BCUT2D eigenvalue weighted by atomic mass is 35.5. The zero-order chi connectivity index (χ0) is 16.2. The fraction of sp³-hybridized carbons (Fsp3) is 0.538. The van der Waals surface area contributed by atoms with E-state index in [1.54, 1.807) is 12.1 Å². The van der Waals surface area contributed by atoms with Crippen LogP contribution >= 0.6 is 11.6 Å². The highest BCUT2D eigenvalue weighted by Crippen LogP contribution is 2.12. The van der Waals surface area contributed by atoms with E-state index in [2.05, 4.69) is 15.0 Å². The molecule has 2 N–H and O–H groups in total. The molecule has 0 radical (unpaired) electrons. The number of carbonyl (C=O) groups is 1. The Kier molecular flexibility index (Phi) is 5.74. The Morgan fingerprint density at radius 2 is 2.09 bits per heavy atom. The average molecular weight is 347 g/mol. The minimum atomic E-state index is -3.18. The van der Waals surface area contributed by atoms with Crippen LogP contribution in [0, 0.1) is 0 Å². The van der Waals surface area contributed by atoms with E-state index in [1.165, 1.54) is 6.20 Å². The standard InChI is InChI=1S/C13H19ClN4O3S/c1-22(20,21)17-11-4-6-18(7-5-11)9-13(19)16-12-3-2-10(14)8-15-12/h2-3,8,11,17H,4-7,9H2,1H3,(H,15,16,19). The summed E-state index contributed by atoms with van der Waals surface area (Å²) in [6.07, 6.45) is 4.02. The molecule has 122 valence electrons. The van der Waals surface area contributed by atoms with Gasteiger partial charge in [-0.1, -0.05) is 11.6 Å². The van der Waals surface area contributed by atoms with E-state index in [0.29, 0.717) is 36.8 Å². The van der Waals surface area contributed by atoms with Gasteiger partial charge in [0.25, 0.3) is 0 Å². The number of nitrogens with one attached hydrogen (secondary N) is 2. The first-order valence-corrected chi connectivity index (χ1v) is 9.20. The molecule has 1 aliphatic rings. The summed E-state index contributed by atoms with van der Waals surface area (Å²) in [7, 11) is -3.18. The summed E-state index contributed by atoms with van der Waals surface area (Å²) >= 11 is 5.73. The molecule has 0 aromatic carbocycles. The molecule has 2 heterocycles. The molecule has 1 saturated heterocycles. The summed E-state index contributed by atoms with van der Waals surface area (Å²) in [5.74, 6) is 0.312. The molecule has 1 fully saturated rings. The number of sulfonamides is 1. The molecular formula is C13H19ClN4O3S. The number of hydrogen-bond donors (Lipinski definition) is 2. The molecule has 2 rings (SSSR count). The molecule has 0 atom stereocenters. The normalized spacial score (nSPS) is 17.4. The van der Waals surface area contributed by atoms with Gasteiger partial charge < -0.3 is 5.32 Å². The topological polar surface area (TPSA) is 91.4 Å². The van der Waals surface area contributed by atoms with E-state index in [9.17, 15) is 13.2 Å². The van der Waals surface area contributed by atoms with Crippen LogP contribution < -0.4 is 10.0 Å². The van der Waals surface area contributed by atoms with Crippen molar-refractivity contribution in [3.63, 3.8) is 0 Å². The van der Waals surface area contributed by atoms with Crippen molar-refractivity contribution in [1.82, 2.24) is 14.6 Å². The summed E-state index contributed by atoms with van der Waals surface area (Å²) < 4.78 is 25.0. The van der Waals surface area contributed by atoms with Gasteiger partial charge >= 0.3 is 0 Å². The van der Waals surface area contributed by atoms with Crippen molar-refractivity contribution in [3.8, 4) is 0 Å². The number of carbonyl (C=O) groups excluding carboxylic acids is 1. The van der Waals surface area contributed by atoms with Gasteiger partial charge in [0.05, 0.1) is 17.8 Å². The maximum atomic E-state index is 11.9. The molecule has 0 spiro atoms. The van der Waals surface area contributed by atoms with Crippen LogP contribution in [0.15, 0.2) is 18.3 Å². The van der Waals surface area contributed by atoms with Crippen LogP contribution in [-0.2, 0) is 14.8 Å². The van der Waals surface area contributed by atoms with Crippen LogP contribution in [0.1, 0.15) is 12.8 Å². The highest BCUT2D eigenvalue weighted by Gasteiger charge is 2.22. The van der Waals surface area contributed by atoms with Gasteiger partial charge in [0.1, 0.15) is 5.82 Å². The Hall–Kier alpha value is -1.22. The van der Waals surface area contributed by atoms with Gasteiger partial charge in [-0.05, 0) is 25.0 Å². The van der Waals surface area contributed by atoms with Gasteiger partial charge in [-0.25, -0.2) is 18.1 Å². The number of amides is 1. The third kappa shape index (κ3) is 5.88. The van der Waals surface area contributed by atoms with Gasteiger partial charge in [0.15, 0.2) is 0 Å². The second kappa shape index (κ2) is 7.36. The maximum absolute atomic E-state index is 11.9. The van der Waals surface area contributed by atoms with E-state index in [0.717, 1.165) is 6.26 Å². The summed E-state index contributed by atoms with van der Waals surface area (Å²) in [6, 6.07) is 3.25. The summed E-state index contributed by atoms with van der Waals surface area (Å²) in [5, 5.41) is 3.22. The van der Waals surface area contributed by atoms with E-state index in [4.69, 9.17) is 11.6 Å². The van der Waals surface area contributed by atoms with Gasteiger partial charge in [-0.15, -0.1) is 0 Å². The van der Waals surface area contributed by atoms with Crippen molar-refractivity contribution < 1.29 is 13.2 Å². The average Bonchev–Trinajstić information content (AvgIpc) is 2.42. The molecule has 0 unspecified atom stereocenters. The molecule has 0 bridgehead atoms. The van der Waals surface area contributed by atoms with E-state index in [1.807, 2.05) is 4.90 Å². The zero-order valence-corrected chi connectivity index (χ0v) is 13.8. The van der Waals surface area contributed by atoms with Crippen molar-refractivity contribution in [3.05, 3.63) is 23.4 Å². The van der Waals surface area contributed by atoms with Crippen LogP contribution in [-0.4, -0.2) is 56.1 Å². The molecule has 22 heavy (non-hydrogen) atoms. The molecule has 1 amide bonds. The first-order chi connectivity index (χ1) is 10.3. The van der Waals surface area contributed by atoms with E-state index >= 15 is 0 Å². The smallest absolute Gasteiger partial charge is 0.239 e. The van der Waals surface area contributed by atoms with E-state index < -0.39 is 10.0 Å². The Bertz CT molecular complexity index is 613. The van der Waals surface area contributed by atoms with Gasteiger partial charge in [0.2, 0.25) is 15.9 Å². The number of aromatic nitrogens is 1. The molecule has 9 heteroatoms. The predicted molar refractivity (Wildman–Crippen MR) is 85.3 cm³/mol. The van der Waals surface area contributed by atoms with Crippen molar-refractivity contribution in [2.45, 2.75) is 18.9 Å². The summed E-state index contributed by atoms with van der Waals surface area (Å²) in [5.41, 5.74) is 0. The van der Waals surface area contributed by atoms with Crippen LogP contribution in [0.5, 0.6) is 0 Å². The number of rotatable bonds is 5. The number of halogens is 1. The van der Waals surface area contributed by atoms with Crippen LogP contribution in [0.2, 0.25) is 5.02 Å². The van der Waals surface area contributed by atoms with Gasteiger partial charge in [-0.2, -0.15) is 0 Å². The summed E-state index contributed by atoms with van der Waals surface area (Å²) in [6.45, 7) is 1.61. The minimum Gasteiger partial charge on any atom is -0.310 e. The number of hydrogen-bond acceptors (Lipinski definition) is 5. The number of likely N-dealkylation sites (tertiary alicyclic amines) is 1. The SMILES string of the molecule is CS(=O)(=O)NC1CCN(CC(=O)Nc2ccc(Cl)cn2)CC1. The van der Waals surface area contributed by atoms with Crippen LogP contribution in [0.4, 0.5) is 5.82 Å². The third-order valence-electron chi connectivity index (χ3n) is 3.33. The lowest BCUT2D eigenvalue weighted by Gasteiger charge is -2.31. The molecule has 1 aliphatic heterocycles. The Labute approximate surface area is 135 Å².